The summed E-state index contributed by atoms with van der Waals surface area (Å²) >= 11 is 6.14. The minimum atomic E-state index is -0.582. The smallest absolute Gasteiger partial charge is 0.263 e. The van der Waals surface area contributed by atoms with Crippen molar-refractivity contribution in [2.45, 2.75) is 19.4 Å². The van der Waals surface area contributed by atoms with E-state index in [1.54, 1.807) is 24.9 Å². The number of nitrogens with zero attached hydrogens (tertiary/aromatic N) is 3. The van der Waals surface area contributed by atoms with E-state index in [1.165, 1.54) is 0 Å². The van der Waals surface area contributed by atoms with Crippen molar-refractivity contribution in [3.63, 3.8) is 0 Å². The molecule has 27 heavy (non-hydrogen) atoms. The van der Waals surface area contributed by atoms with E-state index in [4.69, 9.17) is 20.9 Å². The number of benzene rings is 2. The van der Waals surface area contributed by atoms with Crippen molar-refractivity contribution in [3.05, 3.63) is 65.4 Å². The van der Waals surface area contributed by atoms with Crippen LogP contribution >= 0.6 is 11.6 Å². The molecule has 140 valence electrons. The van der Waals surface area contributed by atoms with Crippen LogP contribution in [0.4, 0.5) is 0 Å². The Hall–Kier alpha value is -2.86. The number of likely N-dealkylation sites (N-methyl/N-ethyl adjacent to an activating group) is 1. The molecule has 0 saturated heterocycles. The molecule has 0 radical (unpaired) electrons. The summed E-state index contributed by atoms with van der Waals surface area (Å²) in [5.41, 5.74) is 0.687. The molecule has 0 bridgehead atoms. The lowest BCUT2D eigenvalue weighted by atomic mass is 10.2. The molecule has 1 heterocycles. The number of carbonyl (C=O) groups is 1. The van der Waals surface area contributed by atoms with Crippen LogP contribution in [0.1, 0.15) is 12.7 Å². The van der Waals surface area contributed by atoms with Gasteiger partial charge in [0, 0.05) is 20.0 Å². The number of hydrogen-bond acceptors (Lipinski definition) is 5. The lowest BCUT2D eigenvalue weighted by Gasteiger charge is -2.21. The largest absolute Gasteiger partial charge is 0.481 e. The van der Waals surface area contributed by atoms with Crippen LogP contribution in [0.3, 0.4) is 0 Å². The van der Waals surface area contributed by atoms with Gasteiger partial charge in [-0.1, -0.05) is 47.1 Å². The van der Waals surface area contributed by atoms with E-state index in [0.29, 0.717) is 41.0 Å². The van der Waals surface area contributed by atoms with Crippen molar-refractivity contribution >= 4 is 17.5 Å². The molecule has 0 aliphatic carbocycles. The van der Waals surface area contributed by atoms with Crippen molar-refractivity contribution in [1.82, 2.24) is 15.0 Å². The molecule has 7 heteroatoms. The molecule has 0 aliphatic heterocycles. The molecule has 0 aliphatic rings. The Morgan fingerprint density at radius 2 is 1.89 bits per heavy atom. The highest BCUT2D eigenvalue weighted by molar-refractivity contribution is 6.33. The third-order valence-corrected chi connectivity index (χ3v) is 4.35. The van der Waals surface area contributed by atoms with E-state index in [9.17, 15) is 4.79 Å². The second-order valence-electron chi connectivity index (χ2n) is 6.08. The van der Waals surface area contributed by atoms with Crippen molar-refractivity contribution in [3.8, 4) is 17.2 Å². The molecule has 2 aromatic carbocycles. The fourth-order valence-electron chi connectivity index (χ4n) is 2.54. The standard InChI is InChI=1S/C20H20ClN3O3/c1-14(26-15-8-4-3-5-9-15)20(25)24(2)13-12-18-22-19(27-23-18)16-10-6-7-11-17(16)21/h3-11,14H,12-13H2,1-2H3. The molecule has 6 nitrogen and oxygen atoms in total. The summed E-state index contributed by atoms with van der Waals surface area (Å²) in [6.45, 7) is 2.18. The Kier molecular flexibility index (Phi) is 6.08. The van der Waals surface area contributed by atoms with Gasteiger partial charge in [-0.2, -0.15) is 4.98 Å². The van der Waals surface area contributed by atoms with Crippen LogP contribution in [0.2, 0.25) is 5.02 Å². The second kappa shape index (κ2) is 8.68. The van der Waals surface area contributed by atoms with Crippen LogP contribution in [0.15, 0.2) is 59.1 Å². The highest BCUT2D eigenvalue weighted by Gasteiger charge is 2.20. The summed E-state index contributed by atoms with van der Waals surface area (Å²) in [5, 5.41) is 4.51. The number of halogens is 1. The number of aromatic nitrogens is 2. The van der Waals surface area contributed by atoms with Gasteiger partial charge >= 0.3 is 0 Å². The average molecular weight is 386 g/mol. The monoisotopic (exact) mass is 385 g/mol. The molecular weight excluding hydrogens is 366 g/mol. The summed E-state index contributed by atoms with van der Waals surface area (Å²) in [4.78, 5) is 18.4. The van der Waals surface area contributed by atoms with Gasteiger partial charge in [0.05, 0.1) is 10.6 Å². The van der Waals surface area contributed by atoms with Gasteiger partial charge in [-0.3, -0.25) is 4.79 Å². The van der Waals surface area contributed by atoms with Crippen molar-refractivity contribution in [2.24, 2.45) is 0 Å². The molecular formula is C20H20ClN3O3. The van der Waals surface area contributed by atoms with E-state index < -0.39 is 6.10 Å². The first kappa shape index (κ1) is 18.9. The number of ether oxygens (including phenoxy) is 1. The molecule has 1 unspecified atom stereocenters. The van der Waals surface area contributed by atoms with E-state index >= 15 is 0 Å². The minimum Gasteiger partial charge on any atom is -0.481 e. The van der Waals surface area contributed by atoms with Crippen molar-refractivity contribution < 1.29 is 14.1 Å². The predicted molar refractivity (Wildman–Crippen MR) is 103 cm³/mol. The molecule has 0 spiro atoms. The van der Waals surface area contributed by atoms with Crippen LogP contribution in [0, 0.1) is 0 Å². The molecule has 1 aromatic heterocycles. The zero-order chi connectivity index (χ0) is 19.2. The Labute approximate surface area is 162 Å². The minimum absolute atomic E-state index is 0.117. The van der Waals surface area contributed by atoms with E-state index in [1.807, 2.05) is 48.5 Å². The number of hydrogen-bond donors (Lipinski definition) is 0. The Balaban J connectivity index is 1.55. The van der Waals surface area contributed by atoms with Gasteiger partial charge < -0.3 is 14.2 Å². The van der Waals surface area contributed by atoms with E-state index in [2.05, 4.69) is 10.1 Å². The van der Waals surface area contributed by atoms with Gasteiger partial charge in [0.2, 0.25) is 0 Å². The zero-order valence-electron chi connectivity index (χ0n) is 15.1. The van der Waals surface area contributed by atoms with Crippen LogP contribution in [-0.4, -0.2) is 40.6 Å². The van der Waals surface area contributed by atoms with Gasteiger partial charge in [0.1, 0.15) is 5.75 Å². The summed E-state index contributed by atoms with van der Waals surface area (Å²) in [6.07, 6.45) is -0.116. The van der Waals surface area contributed by atoms with E-state index in [0.717, 1.165) is 0 Å². The fraction of sp³-hybridized carbons (Fsp3) is 0.250. The van der Waals surface area contributed by atoms with Gasteiger partial charge in [-0.15, -0.1) is 0 Å². The first-order valence-corrected chi connectivity index (χ1v) is 8.96. The molecule has 0 fully saturated rings. The fourth-order valence-corrected chi connectivity index (χ4v) is 2.76. The normalized spacial score (nSPS) is 11.8. The predicted octanol–water partition coefficient (Wildman–Crippen LogP) is 3.86. The van der Waals surface area contributed by atoms with Gasteiger partial charge in [0.15, 0.2) is 11.9 Å². The van der Waals surface area contributed by atoms with Gasteiger partial charge in [-0.05, 0) is 31.2 Å². The number of rotatable bonds is 7. The number of para-hydroxylation sites is 1. The second-order valence-corrected chi connectivity index (χ2v) is 6.49. The molecule has 3 aromatic rings. The highest BCUT2D eigenvalue weighted by atomic mass is 35.5. The van der Waals surface area contributed by atoms with Gasteiger partial charge in [-0.25, -0.2) is 0 Å². The maximum absolute atomic E-state index is 12.5. The topological polar surface area (TPSA) is 68.5 Å². The SMILES string of the molecule is CC(Oc1ccccc1)C(=O)N(C)CCc1noc(-c2ccccc2Cl)n1. The highest BCUT2D eigenvalue weighted by Crippen LogP contribution is 2.25. The Morgan fingerprint density at radius 1 is 1.19 bits per heavy atom. The van der Waals surface area contributed by atoms with Crippen molar-refractivity contribution in [1.29, 1.82) is 0 Å². The molecule has 3 rings (SSSR count). The molecule has 0 N–H and O–H groups in total. The molecule has 1 atom stereocenters. The number of amides is 1. The molecule has 0 saturated carbocycles. The zero-order valence-corrected chi connectivity index (χ0v) is 15.9. The lowest BCUT2D eigenvalue weighted by molar-refractivity contribution is -0.136. The van der Waals surface area contributed by atoms with Crippen molar-refractivity contribution in [2.75, 3.05) is 13.6 Å². The van der Waals surface area contributed by atoms with Crippen LogP contribution in [0.5, 0.6) is 5.75 Å². The lowest BCUT2D eigenvalue weighted by Crippen LogP contribution is -2.39. The van der Waals surface area contributed by atoms with Crippen LogP contribution in [0.25, 0.3) is 11.5 Å². The van der Waals surface area contributed by atoms with Crippen LogP contribution < -0.4 is 4.74 Å². The third-order valence-electron chi connectivity index (χ3n) is 4.02. The maximum Gasteiger partial charge on any atom is 0.263 e. The maximum atomic E-state index is 12.5. The Bertz CT molecular complexity index is 898. The quantitative estimate of drug-likeness (QED) is 0.617. The Morgan fingerprint density at radius 3 is 2.63 bits per heavy atom. The summed E-state index contributed by atoms with van der Waals surface area (Å²) in [5.74, 6) is 1.43. The first-order valence-electron chi connectivity index (χ1n) is 8.59. The van der Waals surface area contributed by atoms with Crippen LogP contribution in [-0.2, 0) is 11.2 Å². The number of carbonyl (C=O) groups excluding carboxylic acids is 1. The average Bonchev–Trinajstić information content (AvgIpc) is 3.15. The van der Waals surface area contributed by atoms with E-state index in [-0.39, 0.29) is 5.91 Å². The molecule has 1 amide bonds. The first-order chi connectivity index (χ1) is 13.0. The summed E-state index contributed by atoms with van der Waals surface area (Å²) < 4.78 is 10.9. The third kappa shape index (κ3) is 4.86. The summed E-state index contributed by atoms with van der Waals surface area (Å²) in [6, 6.07) is 16.5. The van der Waals surface area contributed by atoms with Gasteiger partial charge in [0.25, 0.3) is 11.8 Å². The summed E-state index contributed by atoms with van der Waals surface area (Å²) in [7, 11) is 1.72.